The van der Waals surface area contributed by atoms with Crippen LogP contribution in [0, 0.1) is 41.4 Å². The number of aliphatic hydroxyl groups excluding tert-OH is 1. The van der Waals surface area contributed by atoms with Gasteiger partial charge in [-0.05, 0) is 101 Å². The Morgan fingerprint density at radius 3 is 2.29 bits per heavy atom. The Kier molecular flexibility index (Phi) is 23.5. The standard InChI is InChI=1S/C55H83F2NO15/c1-32-14-11-10-12-15-33(2)44(70-25-24-69-23-22-66-7)30-39-19-17-37(6)55(65,73-39)51(62)52(63)58-21-13-16-40-41(28-38-18-20-43(72-54(56)57)46(29-38)67-8)45(71-53(64)47(40)58)31-42(59)34(3)27-36(5)49(61)50(68-9)48(60)35(4)26-32/h10-12,14-15,27,32,34-35,37-41,43-47,49-50,54,61,65H,13,16-26,28-31H2,1-9H3/b12-10+,14-11+,33-15?,36-27+/t32-,34-,35-,37-,38+,39+,40-,41?,43-,44-,45+,46-,47?,49-,50+,55-/m1/s1. The third kappa shape index (κ3) is 16.0. The van der Waals surface area contributed by atoms with Gasteiger partial charge in [0.05, 0.1) is 50.8 Å². The Hall–Kier alpha value is -3.59. The first-order valence-corrected chi connectivity index (χ1v) is 26.3. The molecule has 73 heavy (non-hydrogen) atoms. The molecule has 2 N–H and O–H groups in total. The van der Waals surface area contributed by atoms with Crippen LogP contribution in [0.4, 0.5) is 8.78 Å². The number of amides is 1. The van der Waals surface area contributed by atoms with Crippen LogP contribution in [0.2, 0.25) is 0 Å². The highest BCUT2D eigenvalue weighted by Crippen LogP contribution is 2.46. The molecule has 16 atom stereocenters. The third-order valence-corrected chi connectivity index (χ3v) is 15.9. The van der Waals surface area contributed by atoms with Crippen molar-refractivity contribution >= 4 is 29.2 Å². The van der Waals surface area contributed by atoms with Gasteiger partial charge in [-0.25, -0.2) is 4.79 Å². The van der Waals surface area contributed by atoms with Crippen molar-refractivity contribution in [2.75, 3.05) is 54.3 Å². The molecule has 4 fully saturated rings. The van der Waals surface area contributed by atoms with Gasteiger partial charge in [-0.2, -0.15) is 8.78 Å². The molecule has 3 saturated heterocycles. The van der Waals surface area contributed by atoms with Crippen LogP contribution < -0.4 is 0 Å². The predicted molar refractivity (Wildman–Crippen MR) is 265 cm³/mol. The summed E-state index contributed by atoms with van der Waals surface area (Å²) in [4.78, 5) is 72.8. The van der Waals surface area contributed by atoms with Gasteiger partial charge in [0.1, 0.15) is 30.1 Å². The molecular weight excluding hydrogens is 953 g/mol. The minimum Gasteiger partial charge on any atom is -0.460 e. The lowest BCUT2D eigenvalue weighted by Crippen LogP contribution is -2.65. The monoisotopic (exact) mass is 1040 g/mol. The molecule has 412 valence electrons. The normalized spacial score (nSPS) is 38.7. The molecule has 16 nitrogen and oxygen atoms in total. The van der Waals surface area contributed by atoms with Crippen LogP contribution in [-0.2, 0) is 61.9 Å². The maximum atomic E-state index is 14.6. The van der Waals surface area contributed by atoms with Gasteiger partial charge in [0, 0.05) is 64.4 Å². The smallest absolute Gasteiger partial charge is 0.345 e. The number of carbonyl (C=O) groups excluding carboxylic acids is 5. The fourth-order valence-electron chi connectivity index (χ4n) is 11.6. The Labute approximate surface area is 430 Å². The van der Waals surface area contributed by atoms with E-state index in [2.05, 4.69) is 0 Å². The molecule has 5 aliphatic rings. The van der Waals surface area contributed by atoms with Gasteiger partial charge in [-0.3, -0.25) is 19.2 Å². The zero-order chi connectivity index (χ0) is 53.6. The minimum absolute atomic E-state index is 0.0219. The highest BCUT2D eigenvalue weighted by molar-refractivity contribution is 6.39. The average Bonchev–Trinajstić information content (AvgIpc) is 3.35. The van der Waals surface area contributed by atoms with Crippen molar-refractivity contribution in [1.82, 2.24) is 4.90 Å². The van der Waals surface area contributed by atoms with Gasteiger partial charge in [-0.15, -0.1) is 0 Å². The lowest BCUT2D eigenvalue weighted by molar-refractivity contribution is -0.266. The van der Waals surface area contributed by atoms with Gasteiger partial charge in [0.15, 0.2) is 5.78 Å². The van der Waals surface area contributed by atoms with E-state index in [1.807, 2.05) is 44.2 Å². The van der Waals surface area contributed by atoms with Crippen molar-refractivity contribution in [1.29, 1.82) is 0 Å². The van der Waals surface area contributed by atoms with Crippen molar-refractivity contribution in [3.63, 3.8) is 0 Å². The van der Waals surface area contributed by atoms with E-state index in [0.29, 0.717) is 70.2 Å². The fraction of sp³-hybridized carbons (Fsp3) is 0.764. The zero-order valence-electron chi connectivity index (χ0n) is 44.4. The van der Waals surface area contributed by atoms with E-state index in [-0.39, 0.29) is 62.4 Å². The Morgan fingerprint density at radius 1 is 0.849 bits per heavy atom. The minimum atomic E-state index is -2.98. The SMILES string of the molecule is COCCOCCO[C@@H]1C[C@@H]2CC[C@@H](C)[C@@](O)(O2)C(=O)C(=O)N2CCC[C@@H]3C(C[C@@H]4CC[C@@H](OC(F)F)[C@H](OC)C4)[C@H](CC(=O)[C@H](C)/C=C(\C)[C@@H](O)[C@@H](OC)C(=O)[C@H](C)C[C@H](C)/C=C/C=C/C=C1C)OC(=O)C32. The van der Waals surface area contributed by atoms with Gasteiger partial charge >= 0.3 is 12.6 Å². The average molecular weight is 1040 g/mol. The number of rotatable bonds is 13. The molecule has 1 saturated carbocycles. The molecule has 1 aliphatic carbocycles. The van der Waals surface area contributed by atoms with Crippen LogP contribution in [0.5, 0.6) is 0 Å². The van der Waals surface area contributed by atoms with E-state index in [0.717, 1.165) is 5.57 Å². The van der Waals surface area contributed by atoms with Crippen molar-refractivity contribution in [3.05, 3.63) is 47.6 Å². The summed E-state index contributed by atoms with van der Waals surface area (Å²) < 4.78 is 72.4. The summed E-state index contributed by atoms with van der Waals surface area (Å²) in [5, 5.41) is 23.7. The van der Waals surface area contributed by atoms with Gasteiger partial charge in [-0.1, -0.05) is 64.2 Å². The summed E-state index contributed by atoms with van der Waals surface area (Å²) in [7, 11) is 4.38. The van der Waals surface area contributed by atoms with Crippen molar-refractivity contribution in [3.8, 4) is 0 Å². The van der Waals surface area contributed by atoms with Crippen LogP contribution in [0.15, 0.2) is 47.6 Å². The van der Waals surface area contributed by atoms with Crippen molar-refractivity contribution in [2.45, 2.75) is 173 Å². The van der Waals surface area contributed by atoms with E-state index >= 15 is 0 Å². The number of alkyl halides is 2. The van der Waals surface area contributed by atoms with Gasteiger partial charge in [0.2, 0.25) is 5.79 Å². The van der Waals surface area contributed by atoms with Gasteiger partial charge in [0.25, 0.3) is 11.7 Å². The quantitative estimate of drug-likeness (QED) is 0.0855. The summed E-state index contributed by atoms with van der Waals surface area (Å²) in [5.74, 6) is -9.50. The topological polar surface area (TPSA) is 203 Å². The Bertz CT molecular complexity index is 1980. The van der Waals surface area contributed by atoms with Crippen LogP contribution >= 0.6 is 0 Å². The van der Waals surface area contributed by atoms with Gasteiger partial charge < -0.3 is 53.0 Å². The third-order valence-electron chi connectivity index (χ3n) is 15.9. The molecule has 1 amide bonds. The first-order chi connectivity index (χ1) is 34.7. The van der Waals surface area contributed by atoms with Crippen LogP contribution in [-0.4, -0.2) is 160 Å². The van der Waals surface area contributed by atoms with E-state index in [1.54, 1.807) is 40.9 Å². The first-order valence-electron chi connectivity index (χ1n) is 26.3. The number of halogens is 2. The fourth-order valence-corrected chi connectivity index (χ4v) is 11.6. The molecule has 0 aromatic heterocycles. The molecule has 2 unspecified atom stereocenters. The summed E-state index contributed by atoms with van der Waals surface area (Å²) in [6, 6.07) is -1.23. The molecule has 4 aliphatic heterocycles. The molecule has 0 spiro atoms. The summed E-state index contributed by atoms with van der Waals surface area (Å²) >= 11 is 0. The molecule has 0 aromatic carbocycles. The molecule has 5 rings (SSSR count). The number of ketones is 3. The van der Waals surface area contributed by atoms with Crippen molar-refractivity contribution < 1.29 is 80.9 Å². The van der Waals surface area contributed by atoms with Crippen LogP contribution in [0.25, 0.3) is 0 Å². The molecule has 0 radical (unpaired) electrons. The number of aliphatic hydroxyl groups is 2. The summed E-state index contributed by atoms with van der Waals surface area (Å²) in [6.07, 6.45) is 8.45. The highest BCUT2D eigenvalue weighted by atomic mass is 19.3. The second-order valence-corrected chi connectivity index (χ2v) is 21.1. The number of allylic oxidation sites excluding steroid dienone is 6. The second kappa shape index (κ2) is 28.5. The molecule has 4 heterocycles. The maximum absolute atomic E-state index is 14.6. The predicted octanol–water partition coefficient (Wildman–Crippen LogP) is 6.68. The Balaban J connectivity index is 1.51. The number of ether oxygens (including phenoxy) is 8. The molecule has 18 heteroatoms. The largest absolute Gasteiger partial charge is 0.460 e. The summed E-state index contributed by atoms with van der Waals surface area (Å²) in [6.45, 7) is 8.96. The maximum Gasteiger partial charge on any atom is 0.345 e. The van der Waals surface area contributed by atoms with Crippen LogP contribution in [0.3, 0.4) is 0 Å². The molecular formula is C55H83F2NO15. The number of carbonyl (C=O) groups is 5. The Morgan fingerprint density at radius 2 is 1.59 bits per heavy atom. The van der Waals surface area contributed by atoms with E-state index in [1.165, 1.54) is 19.1 Å². The number of hydrogen-bond acceptors (Lipinski definition) is 15. The molecule has 4 bridgehead atoms. The summed E-state index contributed by atoms with van der Waals surface area (Å²) in [5.41, 5.74) is 1.17. The van der Waals surface area contributed by atoms with E-state index in [9.17, 15) is 43.0 Å². The first kappa shape index (κ1) is 60.3. The number of hydrogen-bond donors (Lipinski definition) is 2. The number of piperidine rings is 1. The number of fused-ring (bicyclic) bond motifs is 4. The lowest BCUT2D eigenvalue weighted by Gasteiger charge is -2.50. The molecule has 0 aromatic rings. The second-order valence-electron chi connectivity index (χ2n) is 21.1. The lowest BCUT2D eigenvalue weighted by atomic mass is 9.68. The number of esters is 1. The van der Waals surface area contributed by atoms with Crippen LogP contribution in [0.1, 0.15) is 112 Å². The number of nitrogens with zero attached hydrogens (tertiary/aromatic N) is 1. The van der Waals surface area contributed by atoms with E-state index < -0.39 is 108 Å². The number of methoxy groups -OCH3 is 3. The highest BCUT2D eigenvalue weighted by Gasteiger charge is 2.57. The number of Topliss-reactive ketones (excluding diaryl/α,β-unsaturated/α-hetero) is 3. The zero-order valence-corrected chi connectivity index (χ0v) is 44.4. The van der Waals surface area contributed by atoms with Crippen molar-refractivity contribution in [2.24, 2.45) is 41.4 Å². The van der Waals surface area contributed by atoms with E-state index in [4.69, 9.17) is 37.9 Å².